The molecule has 1 heterocycles. The third-order valence-electron chi connectivity index (χ3n) is 1.42. The van der Waals surface area contributed by atoms with E-state index >= 15 is 0 Å². The van der Waals surface area contributed by atoms with E-state index in [1.54, 1.807) is 0 Å². The molecule has 0 unspecified atom stereocenters. The summed E-state index contributed by atoms with van der Waals surface area (Å²) in [5.74, 6) is -1.33. The summed E-state index contributed by atoms with van der Waals surface area (Å²) in [5.41, 5.74) is 6.46. The van der Waals surface area contributed by atoms with Crippen LogP contribution in [0.15, 0.2) is 23.1 Å². The Hall–Kier alpha value is -2.15. The average Bonchev–Trinajstić information content (AvgIpc) is 2.17. The van der Waals surface area contributed by atoms with E-state index in [1.807, 2.05) is 5.48 Å². The summed E-state index contributed by atoms with van der Waals surface area (Å²) in [7, 11) is 0. The number of H-pyrrole nitrogens is 1. The standard InChI is InChI=1S/C8H9N3O4/c9-6(12)4-15-11-8(14)5-1-2-10-7(13)3-5/h1-3H,4H2,(H2,9,12)(H,10,13)(H,11,14). The number of carbonyl (C=O) groups excluding carboxylic acids is 2. The number of aromatic nitrogens is 1. The maximum absolute atomic E-state index is 11.2. The van der Waals surface area contributed by atoms with Gasteiger partial charge in [-0.05, 0) is 6.07 Å². The second-order valence-corrected chi connectivity index (χ2v) is 2.63. The van der Waals surface area contributed by atoms with Gasteiger partial charge in [-0.1, -0.05) is 0 Å². The van der Waals surface area contributed by atoms with Crippen LogP contribution >= 0.6 is 0 Å². The first kappa shape index (κ1) is 10.9. The van der Waals surface area contributed by atoms with Crippen molar-refractivity contribution in [3.05, 3.63) is 34.2 Å². The Labute approximate surface area is 84.2 Å². The molecule has 0 spiro atoms. The van der Waals surface area contributed by atoms with Crippen LogP contribution in [0.3, 0.4) is 0 Å². The second-order valence-electron chi connectivity index (χ2n) is 2.63. The molecule has 0 bridgehead atoms. The smallest absolute Gasteiger partial charge is 0.275 e. The van der Waals surface area contributed by atoms with Crippen molar-refractivity contribution in [3.8, 4) is 0 Å². The second kappa shape index (κ2) is 4.91. The lowest BCUT2D eigenvalue weighted by Crippen LogP contribution is -2.29. The summed E-state index contributed by atoms with van der Waals surface area (Å²) in [6.07, 6.45) is 1.32. The zero-order valence-corrected chi connectivity index (χ0v) is 7.65. The topological polar surface area (TPSA) is 114 Å². The monoisotopic (exact) mass is 211 g/mol. The Kier molecular flexibility index (Phi) is 3.58. The first-order valence-electron chi connectivity index (χ1n) is 3.99. The van der Waals surface area contributed by atoms with Gasteiger partial charge in [0.05, 0.1) is 0 Å². The van der Waals surface area contributed by atoms with E-state index in [-0.39, 0.29) is 5.56 Å². The number of pyridine rings is 1. The third kappa shape index (κ3) is 3.61. The van der Waals surface area contributed by atoms with Gasteiger partial charge in [0.2, 0.25) is 11.5 Å². The normalized spacial score (nSPS) is 9.60. The Balaban J connectivity index is 2.54. The third-order valence-corrected chi connectivity index (χ3v) is 1.42. The molecule has 0 aliphatic heterocycles. The molecule has 1 aromatic heterocycles. The molecule has 4 N–H and O–H groups in total. The van der Waals surface area contributed by atoms with Gasteiger partial charge in [-0.25, -0.2) is 5.48 Å². The van der Waals surface area contributed by atoms with Crippen LogP contribution in [0.5, 0.6) is 0 Å². The maximum atomic E-state index is 11.2. The highest BCUT2D eigenvalue weighted by atomic mass is 16.7. The molecule has 0 atom stereocenters. The summed E-state index contributed by atoms with van der Waals surface area (Å²) in [4.78, 5) is 39.1. The minimum Gasteiger partial charge on any atom is -0.368 e. The molecule has 0 fully saturated rings. The van der Waals surface area contributed by atoms with Crippen molar-refractivity contribution in [1.82, 2.24) is 10.5 Å². The van der Waals surface area contributed by atoms with E-state index in [9.17, 15) is 14.4 Å². The number of nitrogens with two attached hydrogens (primary N) is 1. The quantitative estimate of drug-likeness (QED) is 0.527. The van der Waals surface area contributed by atoms with Gasteiger partial charge in [0.1, 0.15) is 0 Å². The number of nitrogens with one attached hydrogen (secondary N) is 2. The fourth-order valence-corrected chi connectivity index (χ4v) is 0.818. The predicted molar refractivity (Wildman–Crippen MR) is 49.7 cm³/mol. The summed E-state index contributed by atoms with van der Waals surface area (Å²) >= 11 is 0. The van der Waals surface area contributed by atoms with Gasteiger partial charge in [-0.3, -0.25) is 19.2 Å². The zero-order valence-electron chi connectivity index (χ0n) is 7.65. The minimum absolute atomic E-state index is 0.128. The van der Waals surface area contributed by atoms with Crippen molar-refractivity contribution in [3.63, 3.8) is 0 Å². The molecule has 0 aliphatic rings. The molecule has 80 valence electrons. The Morgan fingerprint density at radius 1 is 1.53 bits per heavy atom. The van der Waals surface area contributed by atoms with Crippen LogP contribution in [0.1, 0.15) is 10.4 Å². The number of rotatable bonds is 4. The lowest BCUT2D eigenvalue weighted by Gasteiger charge is -2.02. The lowest BCUT2D eigenvalue weighted by atomic mass is 10.2. The molecule has 0 aromatic carbocycles. The van der Waals surface area contributed by atoms with Crippen molar-refractivity contribution in [2.24, 2.45) is 5.73 Å². The van der Waals surface area contributed by atoms with Crippen LogP contribution < -0.4 is 16.8 Å². The summed E-state index contributed by atoms with van der Waals surface area (Å²) in [6.45, 7) is -0.422. The Morgan fingerprint density at radius 3 is 2.87 bits per heavy atom. The first-order valence-corrected chi connectivity index (χ1v) is 3.99. The van der Waals surface area contributed by atoms with Gasteiger partial charge in [-0.2, -0.15) is 0 Å². The van der Waals surface area contributed by atoms with E-state index in [0.717, 1.165) is 6.07 Å². The van der Waals surface area contributed by atoms with Gasteiger partial charge >= 0.3 is 0 Å². The number of aromatic amines is 1. The van der Waals surface area contributed by atoms with Crippen molar-refractivity contribution in [2.45, 2.75) is 0 Å². The van der Waals surface area contributed by atoms with Gasteiger partial charge in [0, 0.05) is 17.8 Å². The highest BCUT2D eigenvalue weighted by Crippen LogP contribution is 1.91. The number of hydrogen-bond acceptors (Lipinski definition) is 4. The van der Waals surface area contributed by atoms with Gasteiger partial charge < -0.3 is 10.7 Å². The van der Waals surface area contributed by atoms with Crippen molar-refractivity contribution < 1.29 is 14.4 Å². The van der Waals surface area contributed by atoms with E-state index in [4.69, 9.17) is 5.73 Å². The summed E-state index contributed by atoms with van der Waals surface area (Å²) < 4.78 is 0. The van der Waals surface area contributed by atoms with Crippen molar-refractivity contribution in [2.75, 3.05) is 6.61 Å². The molecular formula is C8H9N3O4. The molecule has 0 saturated carbocycles. The fraction of sp³-hybridized carbons (Fsp3) is 0.125. The number of carbonyl (C=O) groups is 2. The van der Waals surface area contributed by atoms with E-state index in [0.29, 0.717) is 0 Å². The van der Waals surface area contributed by atoms with Gasteiger partial charge in [0.25, 0.3) is 5.91 Å². The SMILES string of the molecule is NC(=O)CONC(=O)c1cc[nH]c(=O)c1. The lowest BCUT2D eigenvalue weighted by molar-refractivity contribution is -0.124. The highest BCUT2D eigenvalue weighted by molar-refractivity contribution is 5.93. The molecule has 0 aliphatic carbocycles. The average molecular weight is 211 g/mol. The van der Waals surface area contributed by atoms with Gasteiger partial charge in [-0.15, -0.1) is 0 Å². The van der Waals surface area contributed by atoms with Crippen LogP contribution in [0, 0.1) is 0 Å². The van der Waals surface area contributed by atoms with E-state index in [2.05, 4.69) is 9.82 Å². The molecule has 7 nitrogen and oxygen atoms in total. The molecule has 15 heavy (non-hydrogen) atoms. The first-order chi connectivity index (χ1) is 7.09. The molecule has 0 saturated heterocycles. The fourth-order valence-electron chi connectivity index (χ4n) is 0.818. The van der Waals surface area contributed by atoms with Crippen LogP contribution in [0.25, 0.3) is 0 Å². The number of primary amides is 1. The minimum atomic E-state index is -0.707. The number of amides is 2. The molecule has 1 rings (SSSR count). The zero-order chi connectivity index (χ0) is 11.3. The predicted octanol–water partition coefficient (Wildman–Crippen LogP) is -1.48. The van der Waals surface area contributed by atoms with Crippen molar-refractivity contribution in [1.29, 1.82) is 0 Å². The van der Waals surface area contributed by atoms with E-state index in [1.165, 1.54) is 12.3 Å². The molecule has 0 radical (unpaired) electrons. The van der Waals surface area contributed by atoms with Gasteiger partial charge in [0.15, 0.2) is 6.61 Å². The molecular weight excluding hydrogens is 202 g/mol. The number of hydrogen-bond donors (Lipinski definition) is 3. The largest absolute Gasteiger partial charge is 0.368 e. The van der Waals surface area contributed by atoms with Crippen LogP contribution in [-0.4, -0.2) is 23.4 Å². The van der Waals surface area contributed by atoms with Crippen LogP contribution in [0.2, 0.25) is 0 Å². The van der Waals surface area contributed by atoms with E-state index < -0.39 is 24.0 Å². The Bertz CT molecular complexity index is 426. The molecule has 7 heteroatoms. The molecule has 1 aromatic rings. The molecule has 2 amide bonds. The van der Waals surface area contributed by atoms with Crippen molar-refractivity contribution >= 4 is 11.8 Å². The maximum Gasteiger partial charge on any atom is 0.275 e. The summed E-state index contributed by atoms with van der Waals surface area (Å²) in [5, 5.41) is 0. The summed E-state index contributed by atoms with van der Waals surface area (Å²) in [6, 6.07) is 2.49. The Morgan fingerprint density at radius 2 is 2.27 bits per heavy atom. The highest BCUT2D eigenvalue weighted by Gasteiger charge is 2.05. The number of hydroxylamine groups is 1. The van der Waals surface area contributed by atoms with Crippen LogP contribution in [-0.2, 0) is 9.63 Å². The van der Waals surface area contributed by atoms with Crippen LogP contribution in [0.4, 0.5) is 0 Å².